The minimum absolute atomic E-state index is 0.367. The van der Waals surface area contributed by atoms with Gasteiger partial charge in [-0.2, -0.15) is 5.26 Å². The van der Waals surface area contributed by atoms with Crippen LogP contribution in [0.5, 0.6) is 0 Å². The van der Waals surface area contributed by atoms with Crippen LogP contribution in [0, 0.1) is 35.0 Å². The Labute approximate surface area is 131 Å². The summed E-state index contributed by atoms with van der Waals surface area (Å²) in [6.45, 7) is 2.26. The number of hydrogen-bond acceptors (Lipinski definition) is 1. The van der Waals surface area contributed by atoms with Gasteiger partial charge in [0.15, 0.2) is 0 Å². The van der Waals surface area contributed by atoms with E-state index in [1.165, 1.54) is 64.2 Å². The molecule has 0 spiro atoms. The molecule has 0 bridgehead atoms. The maximum absolute atomic E-state index is 8.96. The number of allylic oxidation sites excluding steroid dienone is 2. The van der Waals surface area contributed by atoms with Crippen LogP contribution >= 0.6 is 0 Å². The fraction of sp³-hybridized carbons (Fsp3) is 0.850. The number of rotatable bonds is 6. The number of unbranched alkanes of at least 4 members (excludes halogenated alkanes) is 1. The third-order valence-electron chi connectivity index (χ3n) is 5.77. The highest BCUT2D eigenvalue weighted by atomic mass is 14.3. The predicted molar refractivity (Wildman–Crippen MR) is 89.8 cm³/mol. The molecule has 118 valence electrons. The molecule has 2 fully saturated rings. The lowest BCUT2D eigenvalue weighted by atomic mass is 9.76. The van der Waals surface area contributed by atoms with Gasteiger partial charge in [-0.3, -0.25) is 0 Å². The Kier molecular flexibility index (Phi) is 7.34. The summed E-state index contributed by atoms with van der Waals surface area (Å²) in [7, 11) is 0. The summed E-state index contributed by atoms with van der Waals surface area (Å²) >= 11 is 0. The predicted octanol–water partition coefficient (Wildman–Crippen LogP) is 6.26. The van der Waals surface area contributed by atoms with Crippen molar-refractivity contribution < 1.29 is 0 Å². The number of nitrogens with zero attached hydrogens (tertiary/aromatic N) is 1. The summed E-state index contributed by atoms with van der Waals surface area (Å²) in [5.41, 5.74) is 0. The molecule has 2 aliphatic rings. The van der Waals surface area contributed by atoms with Gasteiger partial charge in [0.1, 0.15) is 0 Å². The highest BCUT2D eigenvalue weighted by molar-refractivity contribution is 4.91. The molecule has 0 N–H and O–H groups in total. The Morgan fingerprint density at radius 3 is 2.00 bits per heavy atom. The zero-order chi connectivity index (χ0) is 14.9. The largest absolute Gasteiger partial charge is 0.198 e. The van der Waals surface area contributed by atoms with Crippen LogP contribution in [0.1, 0.15) is 84.0 Å². The first kappa shape index (κ1) is 16.6. The van der Waals surface area contributed by atoms with Crippen molar-refractivity contribution in [2.75, 3.05) is 0 Å². The van der Waals surface area contributed by atoms with Crippen LogP contribution in [0.25, 0.3) is 0 Å². The van der Waals surface area contributed by atoms with Gasteiger partial charge in [-0.25, -0.2) is 0 Å². The van der Waals surface area contributed by atoms with Crippen molar-refractivity contribution in [3.05, 3.63) is 12.2 Å². The van der Waals surface area contributed by atoms with E-state index in [0.717, 1.165) is 30.6 Å². The fourth-order valence-electron chi connectivity index (χ4n) is 4.18. The van der Waals surface area contributed by atoms with Gasteiger partial charge < -0.3 is 0 Å². The topological polar surface area (TPSA) is 23.8 Å². The van der Waals surface area contributed by atoms with Crippen molar-refractivity contribution in [1.29, 1.82) is 5.26 Å². The second-order valence-electron chi connectivity index (χ2n) is 7.42. The zero-order valence-electron chi connectivity index (χ0n) is 13.9. The Morgan fingerprint density at radius 1 is 0.905 bits per heavy atom. The average molecular weight is 287 g/mol. The summed E-state index contributed by atoms with van der Waals surface area (Å²) in [5, 5.41) is 8.96. The van der Waals surface area contributed by atoms with Crippen LogP contribution in [-0.2, 0) is 0 Å². The van der Waals surface area contributed by atoms with E-state index in [4.69, 9.17) is 5.26 Å². The monoisotopic (exact) mass is 287 g/mol. The molecule has 1 nitrogen and oxygen atoms in total. The Hall–Kier alpha value is -0.770. The first-order chi connectivity index (χ1) is 10.3. The van der Waals surface area contributed by atoms with Gasteiger partial charge in [0, 0.05) is 5.92 Å². The molecule has 2 rings (SSSR count). The maximum Gasteiger partial charge on any atom is 0.0655 e. The van der Waals surface area contributed by atoms with Gasteiger partial charge in [0.2, 0.25) is 0 Å². The lowest BCUT2D eigenvalue weighted by Gasteiger charge is -2.30. The smallest absolute Gasteiger partial charge is 0.0655 e. The molecule has 21 heavy (non-hydrogen) atoms. The SMILES string of the molecule is CCC/C=C/C1CCC(CCC2CCC(C#N)CC2)CC1. The molecule has 0 radical (unpaired) electrons. The minimum atomic E-state index is 0.367. The quantitative estimate of drug-likeness (QED) is 0.529. The van der Waals surface area contributed by atoms with E-state index in [2.05, 4.69) is 25.1 Å². The molecule has 0 aromatic heterocycles. The number of hydrogen-bond donors (Lipinski definition) is 0. The molecular formula is C20H33N. The van der Waals surface area contributed by atoms with E-state index in [1.54, 1.807) is 0 Å². The summed E-state index contributed by atoms with van der Waals surface area (Å²) in [5.74, 6) is 3.16. The fourth-order valence-corrected chi connectivity index (χ4v) is 4.18. The summed E-state index contributed by atoms with van der Waals surface area (Å²) in [6, 6.07) is 2.45. The molecular weight excluding hydrogens is 254 g/mol. The van der Waals surface area contributed by atoms with Gasteiger partial charge in [-0.15, -0.1) is 0 Å². The molecule has 0 atom stereocenters. The average Bonchev–Trinajstić information content (AvgIpc) is 2.55. The first-order valence-electron chi connectivity index (χ1n) is 9.38. The van der Waals surface area contributed by atoms with Crippen LogP contribution in [0.3, 0.4) is 0 Å². The van der Waals surface area contributed by atoms with Crippen molar-refractivity contribution in [3.8, 4) is 6.07 Å². The first-order valence-corrected chi connectivity index (χ1v) is 9.38. The van der Waals surface area contributed by atoms with Gasteiger partial charge >= 0.3 is 0 Å². The van der Waals surface area contributed by atoms with E-state index < -0.39 is 0 Å². The number of nitriles is 1. The molecule has 1 heteroatoms. The van der Waals surface area contributed by atoms with Crippen LogP contribution in [0.15, 0.2) is 12.2 Å². The van der Waals surface area contributed by atoms with Crippen LogP contribution in [0.4, 0.5) is 0 Å². The molecule has 0 unspecified atom stereocenters. The van der Waals surface area contributed by atoms with E-state index in [0.29, 0.717) is 5.92 Å². The Balaban J connectivity index is 1.58. The van der Waals surface area contributed by atoms with Crippen molar-refractivity contribution in [2.45, 2.75) is 84.0 Å². The van der Waals surface area contributed by atoms with Gasteiger partial charge in [0.05, 0.1) is 6.07 Å². The molecule has 0 amide bonds. The van der Waals surface area contributed by atoms with Gasteiger partial charge in [0.25, 0.3) is 0 Å². The van der Waals surface area contributed by atoms with Crippen LogP contribution in [0.2, 0.25) is 0 Å². The van der Waals surface area contributed by atoms with Crippen molar-refractivity contribution in [2.24, 2.45) is 23.7 Å². The second-order valence-corrected chi connectivity index (χ2v) is 7.42. The summed E-state index contributed by atoms with van der Waals surface area (Å²) in [6.07, 6.45) is 21.0. The van der Waals surface area contributed by atoms with Crippen molar-refractivity contribution in [1.82, 2.24) is 0 Å². The molecule has 0 saturated heterocycles. The highest BCUT2D eigenvalue weighted by Crippen LogP contribution is 2.36. The lowest BCUT2D eigenvalue weighted by Crippen LogP contribution is -2.17. The Morgan fingerprint density at radius 2 is 1.48 bits per heavy atom. The summed E-state index contributed by atoms with van der Waals surface area (Å²) in [4.78, 5) is 0. The Bertz CT molecular complexity index is 335. The lowest BCUT2D eigenvalue weighted by molar-refractivity contribution is 0.242. The third kappa shape index (κ3) is 5.85. The van der Waals surface area contributed by atoms with Crippen LogP contribution in [-0.4, -0.2) is 0 Å². The van der Waals surface area contributed by atoms with Crippen molar-refractivity contribution >= 4 is 0 Å². The molecule has 2 saturated carbocycles. The molecule has 0 heterocycles. The van der Waals surface area contributed by atoms with E-state index in [-0.39, 0.29) is 0 Å². The summed E-state index contributed by atoms with van der Waals surface area (Å²) < 4.78 is 0. The molecule has 0 aromatic carbocycles. The van der Waals surface area contributed by atoms with E-state index in [9.17, 15) is 0 Å². The highest BCUT2D eigenvalue weighted by Gasteiger charge is 2.23. The normalized spacial score (nSPS) is 33.9. The van der Waals surface area contributed by atoms with Crippen LogP contribution < -0.4 is 0 Å². The maximum atomic E-state index is 8.96. The van der Waals surface area contributed by atoms with Gasteiger partial charge in [-0.1, -0.05) is 38.3 Å². The molecule has 2 aliphatic carbocycles. The third-order valence-corrected chi connectivity index (χ3v) is 5.77. The zero-order valence-corrected chi connectivity index (χ0v) is 13.9. The van der Waals surface area contributed by atoms with Gasteiger partial charge in [-0.05, 0) is 75.5 Å². The van der Waals surface area contributed by atoms with Crippen molar-refractivity contribution in [3.63, 3.8) is 0 Å². The molecule has 0 aromatic rings. The molecule has 0 aliphatic heterocycles. The van der Waals surface area contributed by atoms with E-state index in [1.807, 2.05) is 0 Å². The standard InChI is InChI=1S/C20H33N/c1-2-3-4-5-17-6-8-18(9-7-17)10-11-19-12-14-20(16-21)15-13-19/h4-5,17-20H,2-3,6-15H2,1H3/b5-4+. The second kappa shape index (κ2) is 9.29. The minimum Gasteiger partial charge on any atom is -0.198 e. The van der Waals surface area contributed by atoms with E-state index >= 15 is 0 Å².